The Morgan fingerprint density at radius 2 is 1.32 bits per heavy atom. The first-order chi connectivity index (χ1) is 10.9. The first kappa shape index (κ1) is 16.2. The quantitative estimate of drug-likeness (QED) is 0.524. The van der Waals surface area contributed by atoms with E-state index >= 15 is 0 Å². The monoisotopic (exact) mass is 314 g/mol. The molecule has 22 heavy (non-hydrogen) atoms. The number of rotatable bonds is 5. The van der Waals surface area contributed by atoms with E-state index in [2.05, 4.69) is 41.8 Å². The normalized spacial score (nSPS) is 21.7. The molecule has 0 amide bonds. The van der Waals surface area contributed by atoms with Gasteiger partial charge in [0.15, 0.2) is 0 Å². The fourth-order valence-electron chi connectivity index (χ4n) is 4.44. The minimum atomic E-state index is 0.844. The summed E-state index contributed by atoms with van der Waals surface area (Å²) >= 11 is 1.90. The summed E-state index contributed by atoms with van der Waals surface area (Å²) in [6.45, 7) is 0. The van der Waals surface area contributed by atoms with E-state index in [9.17, 15) is 0 Å². The van der Waals surface area contributed by atoms with Gasteiger partial charge in [0.1, 0.15) is 0 Å². The lowest BCUT2D eigenvalue weighted by molar-refractivity contribution is 0.182. The fraction of sp³-hybridized carbons (Fsp3) is 0.619. The molecule has 0 heterocycles. The van der Waals surface area contributed by atoms with Crippen molar-refractivity contribution in [2.45, 2.75) is 69.1 Å². The highest BCUT2D eigenvalue weighted by Gasteiger charge is 2.29. The molecule has 2 fully saturated rings. The van der Waals surface area contributed by atoms with E-state index < -0.39 is 0 Å². The van der Waals surface area contributed by atoms with Crippen LogP contribution in [0, 0.1) is 17.8 Å². The second-order valence-electron chi connectivity index (χ2n) is 7.13. The Labute approximate surface area is 140 Å². The predicted octanol–water partition coefficient (Wildman–Crippen LogP) is 7.07. The molecule has 0 atom stereocenters. The molecule has 1 heteroatoms. The first-order valence-electron chi connectivity index (χ1n) is 9.32. The van der Waals surface area contributed by atoms with Crippen LogP contribution in [0.25, 0.3) is 0 Å². The van der Waals surface area contributed by atoms with Crippen molar-refractivity contribution in [1.82, 2.24) is 0 Å². The Morgan fingerprint density at radius 1 is 0.773 bits per heavy atom. The summed E-state index contributed by atoms with van der Waals surface area (Å²) in [7, 11) is 0. The third kappa shape index (κ3) is 4.65. The molecule has 3 rings (SSSR count). The highest BCUT2D eigenvalue weighted by Crippen LogP contribution is 2.41. The van der Waals surface area contributed by atoms with Gasteiger partial charge in [0.2, 0.25) is 0 Å². The molecule has 1 aromatic carbocycles. The molecule has 2 aliphatic carbocycles. The van der Waals surface area contributed by atoms with Crippen molar-refractivity contribution in [2.24, 2.45) is 17.8 Å². The second-order valence-corrected chi connectivity index (χ2v) is 8.11. The molecular formula is C21H30S. The van der Waals surface area contributed by atoms with Gasteiger partial charge in [-0.25, -0.2) is 0 Å². The van der Waals surface area contributed by atoms with Crippen LogP contribution in [-0.2, 0) is 0 Å². The van der Waals surface area contributed by atoms with Gasteiger partial charge in [-0.15, -0.1) is 0 Å². The lowest BCUT2D eigenvalue weighted by Gasteiger charge is -2.36. The zero-order valence-electron chi connectivity index (χ0n) is 13.8. The van der Waals surface area contributed by atoms with Crippen LogP contribution in [0.4, 0.5) is 0 Å². The molecule has 2 saturated carbocycles. The zero-order valence-corrected chi connectivity index (χ0v) is 14.6. The van der Waals surface area contributed by atoms with E-state index in [4.69, 9.17) is 0 Å². The molecule has 0 aromatic heterocycles. The maximum absolute atomic E-state index is 2.59. The SMILES string of the molecule is C(=C\C(C1CCCCC1)C1CCCCC1)/Sc1ccccc1. The minimum absolute atomic E-state index is 0.844. The summed E-state index contributed by atoms with van der Waals surface area (Å²) in [4.78, 5) is 1.37. The molecule has 0 aliphatic heterocycles. The van der Waals surface area contributed by atoms with E-state index in [1.165, 1.54) is 69.1 Å². The van der Waals surface area contributed by atoms with Crippen LogP contribution >= 0.6 is 11.8 Å². The molecule has 0 saturated heterocycles. The lowest BCUT2D eigenvalue weighted by Crippen LogP contribution is -2.25. The molecule has 120 valence electrons. The lowest BCUT2D eigenvalue weighted by atomic mass is 9.70. The molecular weight excluding hydrogens is 284 g/mol. The summed E-state index contributed by atoms with van der Waals surface area (Å²) in [6, 6.07) is 10.8. The highest BCUT2D eigenvalue weighted by molar-refractivity contribution is 8.02. The number of benzene rings is 1. The zero-order chi connectivity index (χ0) is 15.0. The maximum Gasteiger partial charge on any atom is 0.0116 e. The summed E-state index contributed by atoms with van der Waals surface area (Å²) in [5, 5.41) is 2.39. The average molecular weight is 315 g/mol. The van der Waals surface area contributed by atoms with Gasteiger partial charge in [-0.05, 0) is 61.0 Å². The van der Waals surface area contributed by atoms with Crippen molar-refractivity contribution >= 4 is 11.8 Å². The van der Waals surface area contributed by atoms with Crippen molar-refractivity contribution in [3.05, 3.63) is 41.8 Å². The average Bonchev–Trinajstić information content (AvgIpc) is 2.61. The van der Waals surface area contributed by atoms with Gasteiger partial charge >= 0.3 is 0 Å². The Kier molecular flexibility index (Phi) is 6.48. The smallest absolute Gasteiger partial charge is 0.0116 e. The largest absolute Gasteiger partial charge is 0.0984 e. The van der Waals surface area contributed by atoms with Crippen molar-refractivity contribution in [3.8, 4) is 0 Å². The number of hydrogen-bond acceptors (Lipinski definition) is 1. The van der Waals surface area contributed by atoms with Crippen LogP contribution in [0.15, 0.2) is 46.7 Å². The van der Waals surface area contributed by atoms with E-state index in [0.29, 0.717) is 0 Å². The minimum Gasteiger partial charge on any atom is -0.0984 e. The molecule has 0 N–H and O–H groups in total. The van der Waals surface area contributed by atoms with Crippen LogP contribution in [0.3, 0.4) is 0 Å². The van der Waals surface area contributed by atoms with E-state index in [0.717, 1.165) is 17.8 Å². The van der Waals surface area contributed by atoms with Crippen molar-refractivity contribution in [2.75, 3.05) is 0 Å². The third-order valence-electron chi connectivity index (χ3n) is 5.64. The standard InChI is InChI=1S/C21H30S/c1-4-10-18(11-5-1)21(19-12-6-2-7-13-19)16-17-22-20-14-8-3-9-15-20/h3,8-9,14-19,21H,1-2,4-7,10-13H2/b17-16+. The van der Waals surface area contributed by atoms with Crippen LogP contribution in [0.1, 0.15) is 64.2 Å². The highest BCUT2D eigenvalue weighted by atomic mass is 32.2. The Balaban J connectivity index is 1.64. The number of thioether (sulfide) groups is 1. The van der Waals surface area contributed by atoms with E-state index in [-0.39, 0.29) is 0 Å². The summed E-state index contributed by atoms with van der Waals surface area (Å²) in [5.41, 5.74) is 0. The molecule has 1 aromatic rings. The number of allylic oxidation sites excluding steroid dienone is 1. The summed E-state index contributed by atoms with van der Waals surface area (Å²) in [6.07, 6.45) is 17.3. The van der Waals surface area contributed by atoms with Crippen molar-refractivity contribution < 1.29 is 0 Å². The summed E-state index contributed by atoms with van der Waals surface area (Å²) in [5.74, 6) is 2.77. The Morgan fingerprint density at radius 3 is 1.86 bits per heavy atom. The van der Waals surface area contributed by atoms with Gasteiger partial charge < -0.3 is 0 Å². The summed E-state index contributed by atoms with van der Waals surface area (Å²) < 4.78 is 0. The van der Waals surface area contributed by atoms with Gasteiger partial charge in [0, 0.05) is 4.90 Å². The van der Waals surface area contributed by atoms with Gasteiger partial charge in [0.25, 0.3) is 0 Å². The Hall–Kier alpha value is -0.690. The van der Waals surface area contributed by atoms with Gasteiger partial charge in [0.05, 0.1) is 0 Å². The van der Waals surface area contributed by atoms with Gasteiger partial charge in [-0.1, -0.05) is 74.6 Å². The Bertz CT molecular complexity index is 420. The van der Waals surface area contributed by atoms with Crippen LogP contribution in [-0.4, -0.2) is 0 Å². The van der Waals surface area contributed by atoms with Crippen LogP contribution in [0.5, 0.6) is 0 Å². The van der Waals surface area contributed by atoms with E-state index in [1.54, 1.807) is 0 Å². The molecule has 0 radical (unpaired) electrons. The van der Waals surface area contributed by atoms with E-state index in [1.807, 2.05) is 11.8 Å². The maximum atomic E-state index is 2.59. The van der Waals surface area contributed by atoms with Crippen LogP contribution < -0.4 is 0 Å². The second kappa shape index (κ2) is 8.82. The molecule has 0 bridgehead atoms. The molecule has 2 aliphatic rings. The topological polar surface area (TPSA) is 0 Å². The predicted molar refractivity (Wildman–Crippen MR) is 98.1 cm³/mol. The molecule has 0 unspecified atom stereocenters. The fourth-order valence-corrected chi connectivity index (χ4v) is 5.18. The first-order valence-corrected chi connectivity index (χ1v) is 10.2. The molecule has 0 spiro atoms. The van der Waals surface area contributed by atoms with Crippen molar-refractivity contribution in [3.63, 3.8) is 0 Å². The third-order valence-corrected chi connectivity index (χ3v) is 6.47. The van der Waals surface area contributed by atoms with Crippen LogP contribution in [0.2, 0.25) is 0 Å². The van der Waals surface area contributed by atoms with Crippen molar-refractivity contribution in [1.29, 1.82) is 0 Å². The number of hydrogen-bond donors (Lipinski definition) is 0. The molecule has 0 nitrogen and oxygen atoms in total. The van der Waals surface area contributed by atoms with Gasteiger partial charge in [-0.3, -0.25) is 0 Å². The van der Waals surface area contributed by atoms with Gasteiger partial charge in [-0.2, -0.15) is 0 Å².